The van der Waals surface area contributed by atoms with Gasteiger partial charge in [-0.2, -0.15) is 5.10 Å². The number of nitrogens with zero attached hydrogens (tertiary/aromatic N) is 3. The highest BCUT2D eigenvalue weighted by atomic mass is 35.5. The third kappa shape index (κ3) is 3.28. The molecule has 5 nitrogen and oxygen atoms in total. The van der Waals surface area contributed by atoms with E-state index in [9.17, 15) is 4.79 Å². The summed E-state index contributed by atoms with van der Waals surface area (Å²) in [6, 6.07) is 0. The third-order valence-electron chi connectivity index (χ3n) is 3.11. The molecule has 2 aromatic heterocycles. The van der Waals surface area contributed by atoms with E-state index in [1.165, 1.54) is 18.4 Å². The Morgan fingerprint density at radius 1 is 1.52 bits per heavy atom. The minimum atomic E-state index is -0.147. The lowest BCUT2D eigenvalue weighted by Gasteiger charge is -2.12. The number of carbonyl (C=O) groups excluding carboxylic acids is 1. The Bertz CT molecular complexity index is 649. The fraction of sp³-hybridized carbons (Fsp3) is 0.429. The fourth-order valence-electron chi connectivity index (χ4n) is 1.90. The third-order valence-corrected chi connectivity index (χ3v) is 4.80. The molecule has 0 saturated carbocycles. The van der Waals surface area contributed by atoms with Crippen molar-refractivity contribution in [2.75, 3.05) is 27.7 Å². The van der Waals surface area contributed by atoms with Gasteiger partial charge in [-0.15, -0.1) is 11.3 Å². The summed E-state index contributed by atoms with van der Waals surface area (Å²) in [6.07, 6.45) is 1.57. The van der Waals surface area contributed by atoms with Crippen LogP contribution in [0.25, 0.3) is 0 Å². The maximum atomic E-state index is 12.8. The largest absolute Gasteiger partial charge is 0.493 e. The van der Waals surface area contributed by atoms with Crippen molar-refractivity contribution in [3.63, 3.8) is 0 Å². The summed E-state index contributed by atoms with van der Waals surface area (Å²) in [5.74, 6) is 0.326. The molecule has 2 aromatic rings. The van der Waals surface area contributed by atoms with Gasteiger partial charge in [-0.05, 0) is 32.0 Å². The summed E-state index contributed by atoms with van der Waals surface area (Å²) in [4.78, 5) is 15.3. The quantitative estimate of drug-likeness (QED) is 0.765. The average molecular weight is 328 g/mol. The van der Waals surface area contributed by atoms with Crippen LogP contribution >= 0.6 is 22.9 Å². The smallest absolute Gasteiger partial charge is 0.226 e. The lowest BCUT2D eigenvalue weighted by atomic mass is 10.2. The summed E-state index contributed by atoms with van der Waals surface area (Å²) < 4.78 is 6.94. The molecule has 0 N–H and O–H groups in total. The van der Waals surface area contributed by atoms with E-state index in [2.05, 4.69) is 5.10 Å². The van der Waals surface area contributed by atoms with Crippen LogP contribution in [0.3, 0.4) is 0 Å². The first kappa shape index (κ1) is 16.0. The second-order valence-corrected chi connectivity index (χ2v) is 6.24. The number of aryl methyl sites for hydroxylation is 1. The van der Waals surface area contributed by atoms with Crippen LogP contribution in [-0.4, -0.2) is 48.2 Å². The van der Waals surface area contributed by atoms with Crippen LogP contribution in [0, 0.1) is 6.92 Å². The van der Waals surface area contributed by atoms with E-state index < -0.39 is 0 Å². The van der Waals surface area contributed by atoms with E-state index in [0.29, 0.717) is 27.9 Å². The van der Waals surface area contributed by atoms with Gasteiger partial charge in [-0.1, -0.05) is 11.6 Å². The minimum Gasteiger partial charge on any atom is -0.493 e. The van der Waals surface area contributed by atoms with Gasteiger partial charge in [-0.25, -0.2) is 0 Å². The molecule has 0 aliphatic carbocycles. The van der Waals surface area contributed by atoms with Crippen LogP contribution in [0.4, 0.5) is 0 Å². The Labute approximate surface area is 133 Å². The van der Waals surface area contributed by atoms with Crippen LogP contribution in [0.15, 0.2) is 11.6 Å². The highest BCUT2D eigenvalue weighted by Gasteiger charge is 2.24. The predicted octanol–water partition coefficient (Wildman–Crippen LogP) is 2.71. The number of methoxy groups -OCH3 is 1. The van der Waals surface area contributed by atoms with Gasteiger partial charge in [0, 0.05) is 6.54 Å². The first-order valence-corrected chi connectivity index (χ1v) is 7.74. The number of aromatic nitrogens is 2. The molecule has 0 aliphatic heterocycles. The zero-order chi connectivity index (χ0) is 15.6. The van der Waals surface area contributed by atoms with E-state index in [1.807, 2.05) is 31.3 Å². The molecule has 0 aliphatic rings. The Hall–Kier alpha value is -1.37. The minimum absolute atomic E-state index is 0.147. The van der Waals surface area contributed by atoms with Gasteiger partial charge >= 0.3 is 0 Å². The molecule has 0 atom stereocenters. The zero-order valence-electron chi connectivity index (χ0n) is 12.5. The van der Waals surface area contributed by atoms with Crippen molar-refractivity contribution in [2.45, 2.75) is 13.5 Å². The molecule has 7 heteroatoms. The number of hydrogen-bond donors (Lipinski definition) is 0. The Morgan fingerprint density at radius 2 is 2.24 bits per heavy atom. The molecule has 0 amide bonds. The van der Waals surface area contributed by atoms with Crippen molar-refractivity contribution >= 4 is 28.7 Å². The van der Waals surface area contributed by atoms with Gasteiger partial charge in [-0.3, -0.25) is 9.48 Å². The SMILES string of the molecule is COc1cnn(CCN(C)C)c1C(=O)c1scc(C)c1Cl. The lowest BCUT2D eigenvalue weighted by molar-refractivity contribution is 0.102. The van der Waals surface area contributed by atoms with E-state index in [0.717, 1.165) is 12.1 Å². The van der Waals surface area contributed by atoms with Gasteiger partial charge in [0.05, 0.1) is 29.8 Å². The Morgan fingerprint density at radius 3 is 2.76 bits per heavy atom. The second-order valence-electron chi connectivity index (χ2n) is 4.98. The van der Waals surface area contributed by atoms with Crippen molar-refractivity contribution in [3.8, 4) is 5.75 Å². The fourth-order valence-corrected chi connectivity index (χ4v) is 3.12. The van der Waals surface area contributed by atoms with Crippen LogP contribution in [-0.2, 0) is 6.54 Å². The molecule has 0 spiro atoms. The van der Waals surface area contributed by atoms with Crippen LogP contribution in [0.5, 0.6) is 5.75 Å². The molecule has 0 bridgehead atoms. The van der Waals surface area contributed by atoms with E-state index in [4.69, 9.17) is 16.3 Å². The Kier molecular flexibility index (Phi) is 5.03. The second kappa shape index (κ2) is 6.60. The van der Waals surface area contributed by atoms with E-state index in [1.54, 1.807) is 10.9 Å². The molecule has 21 heavy (non-hydrogen) atoms. The number of halogens is 1. The lowest BCUT2D eigenvalue weighted by Crippen LogP contribution is -2.21. The van der Waals surface area contributed by atoms with Crippen LogP contribution in [0.1, 0.15) is 20.9 Å². The standard InChI is InChI=1S/C14H18ClN3O2S/c1-9-8-21-14(11(9)15)13(19)12-10(20-4)7-16-18(12)6-5-17(2)3/h7-8H,5-6H2,1-4H3. The maximum absolute atomic E-state index is 12.8. The number of likely N-dealkylation sites (N-methyl/N-ethyl adjacent to an activating group) is 1. The molecule has 0 aromatic carbocycles. The van der Waals surface area contributed by atoms with E-state index >= 15 is 0 Å². The number of ether oxygens (including phenoxy) is 1. The van der Waals surface area contributed by atoms with Crippen molar-refractivity contribution in [1.29, 1.82) is 0 Å². The number of carbonyl (C=O) groups is 1. The maximum Gasteiger partial charge on any atom is 0.226 e. The predicted molar refractivity (Wildman–Crippen MR) is 84.8 cm³/mol. The summed E-state index contributed by atoms with van der Waals surface area (Å²) in [7, 11) is 5.48. The van der Waals surface area contributed by atoms with Crippen LogP contribution in [0.2, 0.25) is 5.02 Å². The summed E-state index contributed by atoms with van der Waals surface area (Å²) in [5.41, 5.74) is 1.35. The van der Waals surface area contributed by atoms with Crippen molar-refractivity contribution in [2.24, 2.45) is 0 Å². The topological polar surface area (TPSA) is 47.4 Å². The first-order valence-electron chi connectivity index (χ1n) is 6.48. The Balaban J connectivity index is 2.39. The van der Waals surface area contributed by atoms with Crippen molar-refractivity contribution in [3.05, 3.63) is 32.7 Å². The molecular weight excluding hydrogens is 310 g/mol. The zero-order valence-corrected chi connectivity index (χ0v) is 14.1. The molecule has 2 rings (SSSR count). The van der Waals surface area contributed by atoms with Gasteiger partial charge in [0.15, 0.2) is 11.4 Å². The molecule has 114 valence electrons. The monoisotopic (exact) mass is 327 g/mol. The van der Waals surface area contributed by atoms with Crippen molar-refractivity contribution in [1.82, 2.24) is 14.7 Å². The summed E-state index contributed by atoms with van der Waals surface area (Å²) in [5, 5.41) is 6.63. The molecule has 0 saturated heterocycles. The van der Waals surface area contributed by atoms with Gasteiger partial charge in [0.2, 0.25) is 5.78 Å². The van der Waals surface area contributed by atoms with Gasteiger partial charge < -0.3 is 9.64 Å². The number of ketones is 1. The van der Waals surface area contributed by atoms with Gasteiger partial charge in [0.25, 0.3) is 0 Å². The first-order chi connectivity index (χ1) is 9.95. The average Bonchev–Trinajstić information content (AvgIpc) is 3.00. The van der Waals surface area contributed by atoms with Crippen molar-refractivity contribution < 1.29 is 9.53 Å². The van der Waals surface area contributed by atoms with Gasteiger partial charge in [0.1, 0.15) is 0 Å². The molecule has 0 radical (unpaired) electrons. The van der Waals surface area contributed by atoms with Crippen LogP contribution < -0.4 is 4.74 Å². The highest BCUT2D eigenvalue weighted by molar-refractivity contribution is 7.13. The molecule has 0 fully saturated rings. The normalized spacial score (nSPS) is 11.1. The molecule has 2 heterocycles. The molecular formula is C14H18ClN3O2S. The summed E-state index contributed by atoms with van der Waals surface area (Å²) >= 11 is 7.55. The number of rotatable bonds is 6. The number of hydrogen-bond acceptors (Lipinski definition) is 5. The molecule has 0 unspecified atom stereocenters. The number of thiophene rings is 1. The van der Waals surface area contributed by atoms with E-state index in [-0.39, 0.29) is 5.78 Å². The summed E-state index contributed by atoms with van der Waals surface area (Å²) in [6.45, 7) is 3.28. The highest BCUT2D eigenvalue weighted by Crippen LogP contribution is 2.31.